The van der Waals surface area contributed by atoms with Crippen molar-refractivity contribution in [2.24, 2.45) is 0 Å². The van der Waals surface area contributed by atoms with E-state index in [4.69, 9.17) is 13.9 Å². The Hall–Kier alpha value is -0.560. The number of nitrogens with one attached hydrogen (secondary N) is 1. The number of thioether (sulfide) groups is 1. The van der Waals surface area contributed by atoms with E-state index in [9.17, 15) is 0 Å². The van der Waals surface area contributed by atoms with Crippen LogP contribution >= 0.6 is 11.8 Å². The molecule has 5 nitrogen and oxygen atoms in total. The number of ether oxygens (including phenoxy) is 2. The SMILES string of the molecule is CCCNC1CCC2(CC1Sc1ncco1)OCCO2. The van der Waals surface area contributed by atoms with E-state index in [0.717, 1.165) is 37.5 Å². The van der Waals surface area contributed by atoms with E-state index >= 15 is 0 Å². The fraction of sp³-hybridized carbons (Fsp3) is 0.786. The fourth-order valence-electron chi connectivity index (χ4n) is 2.96. The zero-order valence-corrected chi connectivity index (χ0v) is 12.7. The van der Waals surface area contributed by atoms with Crippen LogP contribution in [0.2, 0.25) is 0 Å². The second-order valence-electron chi connectivity index (χ2n) is 5.37. The van der Waals surface area contributed by atoms with Gasteiger partial charge in [-0.1, -0.05) is 18.7 Å². The van der Waals surface area contributed by atoms with Crippen LogP contribution in [0.1, 0.15) is 32.6 Å². The van der Waals surface area contributed by atoms with Gasteiger partial charge in [-0.15, -0.1) is 0 Å². The van der Waals surface area contributed by atoms with Gasteiger partial charge in [0.05, 0.1) is 19.4 Å². The van der Waals surface area contributed by atoms with Crippen LogP contribution in [0.4, 0.5) is 0 Å². The Kier molecular flexibility index (Phi) is 4.65. The van der Waals surface area contributed by atoms with Crippen molar-refractivity contribution in [3.8, 4) is 0 Å². The van der Waals surface area contributed by atoms with Crippen molar-refractivity contribution in [3.63, 3.8) is 0 Å². The maximum atomic E-state index is 5.87. The summed E-state index contributed by atoms with van der Waals surface area (Å²) in [6.07, 6.45) is 7.39. The summed E-state index contributed by atoms with van der Waals surface area (Å²) in [7, 11) is 0. The van der Waals surface area contributed by atoms with Crippen LogP contribution in [-0.4, -0.2) is 41.8 Å². The summed E-state index contributed by atoms with van der Waals surface area (Å²) in [5, 5.41) is 4.74. The minimum atomic E-state index is -0.366. The number of nitrogens with zero attached hydrogens (tertiary/aromatic N) is 1. The zero-order valence-electron chi connectivity index (χ0n) is 11.8. The minimum absolute atomic E-state index is 0.366. The molecule has 2 fully saturated rings. The molecule has 1 aliphatic heterocycles. The number of aromatic nitrogens is 1. The van der Waals surface area contributed by atoms with Gasteiger partial charge in [-0.3, -0.25) is 0 Å². The Morgan fingerprint density at radius 3 is 3.00 bits per heavy atom. The molecule has 2 atom stereocenters. The maximum absolute atomic E-state index is 5.87. The van der Waals surface area contributed by atoms with Crippen molar-refractivity contribution in [2.75, 3.05) is 19.8 Å². The van der Waals surface area contributed by atoms with Crippen molar-refractivity contribution < 1.29 is 13.9 Å². The van der Waals surface area contributed by atoms with Gasteiger partial charge in [0.15, 0.2) is 5.79 Å². The van der Waals surface area contributed by atoms with E-state index in [1.165, 1.54) is 0 Å². The molecule has 1 spiro atoms. The van der Waals surface area contributed by atoms with Crippen molar-refractivity contribution in [1.29, 1.82) is 0 Å². The molecule has 1 aromatic heterocycles. The minimum Gasteiger partial charge on any atom is -0.440 e. The van der Waals surface area contributed by atoms with E-state index < -0.39 is 0 Å². The van der Waals surface area contributed by atoms with Gasteiger partial charge in [0.25, 0.3) is 5.22 Å². The predicted molar refractivity (Wildman–Crippen MR) is 76.7 cm³/mol. The molecule has 2 aliphatic rings. The molecule has 2 heterocycles. The van der Waals surface area contributed by atoms with Crippen LogP contribution in [0.25, 0.3) is 0 Å². The summed E-state index contributed by atoms with van der Waals surface area (Å²) in [5.41, 5.74) is 0. The van der Waals surface area contributed by atoms with Gasteiger partial charge in [-0.25, -0.2) is 4.98 Å². The lowest BCUT2D eigenvalue weighted by Crippen LogP contribution is -2.49. The summed E-state index contributed by atoms with van der Waals surface area (Å²) >= 11 is 1.69. The van der Waals surface area contributed by atoms with Crippen LogP contribution in [0.5, 0.6) is 0 Å². The first-order valence-electron chi connectivity index (χ1n) is 7.39. The molecule has 112 valence electrons. The van der Waals surface area contributed by atoms with Crippen LogP contribution in [0, 0.1) is 0 Å². The molecule has 1 saturated carbocycles. The molecule has 1 aliphatic carbocycles. The molecule has 1 saturated heterocycles. The highest BCUT2D eigenvalue weighted by Gasteiger charge is 2.45. The highest BCUT2D eigenvalue weighted by atomic mass is 32.2. The Balaban J connectivity index is 1.68. The lowest BCUT2D eigenvalue weighted by molar-refractivity contribution is -0.178. The molecule has 20 heavy (non-hydrogen) atoms. The second-order valence-corrected chi connectivity index (χ2v) is 6.56. The van der Waals surface area contributed by atoms with Crippen LogP contribution in [-0.2, 0) is 9.47 Å². The van der Waals surface area contributed by atoms with Gasteiger partial charge < -0.3 is 19.2 Å². The first-order chi connectivity index (χ1) is 9.81. The molecular weight excluding hydrogens is 276 g/mol. The molecule has 6 heteroatoms. The number of hydrogen-bond donors (Lipinski definition) is 1. The smallest absolute Gasteiger partial charge is 0.255 e. The van der Waals surface area contributed by atoms with Crippen LogP contribution in [0.15, 0.2) is 22.1 Å². The Labute approximate surface area is 123 Å². The largest absolute Gasteiger partial charge is 0.440 e. The number of hydrogen-bond acceptors (Lipinski definition) is 6. The second kappa shape index (κ2) is 6.47. The summed E-state index contributed by atoms with van der Waals surface area (Å²) in [5.74, 6) is -0.366. The highest BCUT2D eigenvalue weighted by molar-refractivity contribution is 7.99. The molecule has 0 amide bonds. The molecule has 2 unspecified atom stereocenters. The maximum Gasteiger partial charge on any atom is 0.255 e. The molecule has 0 radical (unpaired) electrons. The van der Waals surface area contributed by atoms with E-state index in [0.29, 0.717) is 24.5 Å². The number of rotatable bonds is 5. The first kappa shape index (κ1) is 14.4. The van der Waals surface area contributed by atoms with Crippen molar-refractivity contribution >= 4 is 11.8 Å². The number of oxazole rings is 1. The Morgan fingerprint density at radius 1 is 1.45 bits per heavy atom. The van der Waals surface area contributed by atoms with Gasteiger partial charge in [-0.2, -0.15) is 0 Å². The van der Waals surface area contributed by atoms with Gasteiger partial charge in [-0.05, 0) is 19.4 Å². The summed E-state index contributed by atoms with van der Waals surface area (Å²) in [6, 6.07) is 0.463. The van der Waals surface area contributed by atoms with E-state index in [1.807, 2.05) is 0 Å². The summed E-state index contributed by atoms with van der Waals surface area (Å²) in [4.78, 5) is 4.23. The lowest BCUT2D eigenvalue weighted by atomic mass is 9.89. The third kappa shape index (κ3) is 3.19. The average Bonchev–Trinajstić information content (AvgIpc) is 3.11. The first-order valence-corrected chi connectivity index (χ1v) is 8.27. The zero-order chi connectivity index (χ0) is 13.8. The van der Waals surface area contributed by atoms with Crippen molar-refractivity contribution in [3.05, 3.63) is 12.5 Å². The summed E-state index contributed by atoms with van der Waals surface area (Å²) < 4.78 is 17.1. The molecule has 1 N–H and O–H groups in total. The molecule has 0 aromatic carbocycles. The fourth-order valence-corrected chi connectivity index (χ4v) is 4.18. The van der Waals surface area contributed by atoms with E-state index in [1.54, 1.807) is 24.2 Å². The quantitative estimate of drug-likeness (QED) is 0.901. The van der Waals surface area contributed by atoms with Gasteiger partial charge in [0.2, 0.25) is 0 Å². The van der Waals surface area contributed by atoms with Crippen LogP contribution in [0.3, 0.4) is 0 Å². The normalized spacial score (nSPS) is 29.1. The van der Waals surface area contributed by atoms with Gasteiger partial charge in [0, 0.05) is 24.1 Å². The monoisotopic (exact) mass is 298 g/mol. The Morgan fingerprint density at radius 2 is 2.30 bits per heavy atom. The molecule has 3 rings (SSSR count). The van der Waals surface area contributed by atoms with Crippen LogP contribution < -0.4 is 5.32 Å². The topological polar surface area (TPSA) is 56.5 Å². The predicted octanol–water partition coefficient (Wildman–Crippen LogP) is 2.43. The summed E-state index contributed by atoms with van der Waals surface area (Å²) in [6.45, 7) is 4.66. The third-order valence-electron chi connectivity index (χ3n) is 3.93. The van der Waals surface area contributed by atoms with Gasteiger partial charge >= 0.3 is 0 Å². The third-order valence-corrected chi connectivity index (χ3v) is 5.13. The highest BCUT2D eigenvalue weighted by Crippen LogP contribution is 2.42. The lowest BCUT2D eigenvalue weighted by Gasteiger charge is -2.40. The van der Waals surface area contributed by atoms with E-state index in [-0.39, 0.29) is 5.79 Å². The molecule has 0 bridgehead atoms. The Bertz CT molecular complexity index is 407. The van der Waals surface area contributed by atoms with Crippen molar-refractivity contribution in [2.45, 2.75) is 54.9 Å². The van der Waals surface area contributed by atoms with Crippen molar-refractivity contribution in [1.82, 2.24) is 10.3 Å². The molecular formula is C14H22N2O3S. The average molecular weight is 298 g/mol. The molecule has 1 aromatic rings. The van der Waals surface area contributed by atoms with Gasteiger partial charge in [0.1, 0.15) is 6.26 Å². The van der Waals surface area contributed by atoms with E-state index in [2.05, 4.69) is 17.2 Å². The standard InChI is InChI=1S/C14H22N2O3S/c1-2-5-15-11-3-4-14(18-8-9-19-14)10-12(11)20-13-16-6-7-17-13/h6-7,11-12,15H,2-5,8-10H2,1H3.